The number of aliphatic hydroxyl groups excluding tert-OH is 1. The molecule has 1 aromatic carbocycles. The van der Waals surface area contributed by atoms with Gasteiger partial charge in [-0.1, -0.05) is 30.3 Å². The minimum Gasteiger partial charge on any atom is -0.394 e. The smallest absolute Gasteiger partial charge is 0.269 e. The first kappa shape index (κ1) is 13.3. The summed E-state index contributed by atoms with van der Waals surface area (Å²) < 4.78 is 1.51. The Hall–Kier alpha value is -2.14. The fourth-order valence-corrected chi connectivity index (χ4v) is 1.92. The molecule has 1 heterocycles. The summed E-state index contributed by atoms with van der Waals surface area (Å²) in [6.45, 7) is -0.0987. The van der Waals surface area contributed by atoms with Crippen LogP contribution in [0.2, 0.25) is 0 Å². The topological polar surface area (TPSA) is 67.2 Å². The van der Waals surface area contributed by atoms with Gasteiger partial charge in [-0.15, -0.1) is 0 Å². The van der Waals surface area contributed by atoms with Crippen LogP contribution >= 0.6 is 0 Å². The van der Waals surface area contributed by atoms with Crippen LogP contribution in [0.4, 0.5) is 0 Å². The molecule has 100 valence electrons. The maximum atomic E-state index is 12.0. The lowest BCUT2D eigenvalue weighted by Gasteiger charge is -2.16. The molecule has 5 heteroatoms. The summed E-state index contributed by atoms with van der Waals surface area (Å²) in [6, 6.07) is 11.1. The van der Waals surface area contributed by atoms with E-state index in [9.17, 15) is 9.90 Å². The molecule has 0 spiro atoms. The second kappa shape index (κ2) is 6.15. The molecule has 0 saturated heterocycles. The average Bonchev–Trinajstić information content (AvgIpc) is 2.85. The lowest BCUT2D eigenvalue weighted by molar-refractivity contribution is 0.0907. The summed E-state index contributed by atoms with van der Waals surface area (Å²) >= 11 is 0. The molecule has 5 nitrogen and oxygen atoms in total. The molecule has 1 atom stereocenters. The zero-order valence-electron chi connectivity index (χ0n) is 10.8. The van der Waals surface area contributed by atoms with Crippen LogP contribution in [0.3, 0.4) is 0 Å². The lowest BCUT2D eigenvalue weighted by atomic mass is 10.1. The van der Waals surface area contributed by atoms with Gasteiger partial charge in [-0.3, -0.25) is 9.48 Å². The number of rotatable bonds is 5. The summed E-state index contributed by atoms with van der Waals surface area (Å²) in [7, 11) is 1.71. The third-order valence-electron chi connectivity index (χ3n) is 2.93. The van der Waals surface area contributed by atoms with Gasteiger partial charge in [-0.2, -0.15) is 5.10 Å². The Morgan fingerprint density at radius 3 is 2.68 bits per heavy atom. The van der Waals surface area contributed by atoms with E-state index in [1.54, 1.807) is 19.3 Å². The Bertz CT molecular complexity index is 537. The molecule has 0 unspecified atom stereocenters. The van der Waals surface area contributed by atoms with Gasteiger partial charge in [0.25, 0.3) is 5.91 Å². The van der Waals surface area contributed by atoms with E-state index in [2.05, 4.69) is 10.4 Å². The van der Waals surface area contributed by atoms with Crippen LogP contribution < -0.4 is 5.32 Å². The normalized spacial score (nSPS) is 12.1. The van der Waals surface area contributed by atoms with Gasteiger partial charge in [0.2, 0.25) is 0 Å². The zero-order valence-corrected chi connectivity index (χ0v) is 10.8. The van der Waals surface area contributed by atoms with Crippen LogP contribution in [0.1, 0.15) is 16.1 Å². The molecular weight excluding hydrogens is 242 g/mol. The zero-order chi connectivity index (χ0) is 13.7. The van der Waals surface area contributed by atoms with Crippen LogP contribution in [0.15, 0.2) is 42.6 Å². The van der Waals surface area contributed by atoms with Gasteiger partial charge in [0.15, 0.2) is 0 Å². The van der Waals surface area contributed by atoms with Crippen molar-refractivity contribution in [1.29, 1.82) is 0 Å². The van der Waals surface area contributed by atoms with Gasteiger partial charge in [0.1, 0.15) is 5.69 Å². The van der Waals surface area contributed by atoms with Gasteiger partial charge < -0.3 is 10.4 Å². The van der Waals surface area contributed by atoms with Crippen LogP contribution in [0.5, 0.6) is 0 Å². The predicted octanol–water partition coefficient (Wildman–Crippen LogP) is 0.753. The summed E-state index contributed by atoms with van der Waals surface area (Å²) in [5, 5.41) is 16.1. The molecular formula is C14H17N3O2. The molecule has 0 radical (unpaired) electrons. The average molecular weight is 259 g/mol. The fourth-order valence-electron chi connectivity index (χ4n) is 1.92. The van der Waals surface area contributed by atoms with E-state index in [1.165, 1.54) is 4.68 Å². The standard InChI is InChI=1S/C14H17N3O2/c1-17-13(7-8-15-17)14(19)16-12(10-18)9-11-5-3-2-4-6-11/h2-8,12,18H,9-10H2,1H3,(H,16,19)/t12-/m1/s1. The van der Waals surface area contributed by atoms with Crippen molar-refractivity contribution in [3.05, 3.63) is 53.9 Å². The molecule has 2 N–H and O–H groups in total. The van der Waals surface area contributed by atoms with E-state index in [0.29, 0.717) is 12.1 Å². The van der Waals surface area contributed by atoms with Crippen LogP contribution in [-0.2, 0) is 13.5 Å². The van der Waals surface area contributed by atoms with Crippen molar-refractivity contribution in [2.45, 2.75) is 12.5 Å². The number of nitrogens with one attached hydrogen (secondary N) is 1. The summed E-state index contributed by atoms with van der Waals surface area (Å²) in [5.74, 6) is -0.227. The van der Waals surface area contributed by atoms with Crippen LogP contribution in [-0.4, -0.2) is 33.4 Å². The van der Waals surface area contributed by atoms with Gasteiger partial charge in [0, 0.05) is 13.2 Å². The molecule has 2 rings (SSSR count). The highest BCUT2D eigenvalue weighted by Gasteiger charge is 2.15. The van der Waals surface area contributed by atoms with Crippen molar-refractivity contribution in [1.82, 2.24) is 15.1 Å². The van der Waals surface area contributed by atoms with Crippen LogP contribution in [0, 0.1) is 0 Å². The van der Waals surface area contributed by atoms with Crippen molar-refractivity contribution in [3.8, 4) is 0 Å². The first-order chi connectivity index (χ1) is 9.20. The number of hydrogen-bond donors (Lipinski definition) is 2. The minimum atomic E-state index is -0.301. The first-order valence-electron chi connectivity index (χ1n) is 6.14. The maximum Gasteiger partial charge on any atom is 0.269 e. The fraction of sp³-hybridized carbons (Fsp3) is 0.286. The second-order valence-corrected chi connectivity index (χ2v) is 4.38. The van der Waals surface area contributed by atoms with Crippen molar-refractivity contribution >= 4 is 5.91 Å². The van der Waals surface area contributed by atoms with E-state index >= 15 is 0 Å². The molecule has 19 heavy (non-hydrogen) atoms. The Labute approximate surface area is 111 Å². The van der Waals surface area contributed by atoms with E-state index in [1.807, 2.05) is 30.3 Å². The van der Waals surface area contributed by atoms with Crippen molar-refractivity contribution in [3.63, 3.8) is 0 Å². The molecule has 2 aromatic rings. The number of hydrogen-bond acceptors (Lipinski definition) is 3. The molecule has 1 aromatic heterocycles. The monoisotopic (exact) mass is 259 g/mol. The molecule has 0 aliphatic carbocycles. The Kier molecular flexibility index (Phi) is 4.30. The molecule has 0 aliphatic heterocycles. The third kappa shape index (κ3) is 3.42. The SMILES string of the molecule is Cn1nccc1C(=O)N[C@@H](CO)Cc1ccccc1. The van der Waals surface area contributed by atoms with Crippen molar-refractivity contribution in [2.24, 2.45) is 7.05 Å². The Morgan fingerprint density at radius 1 is 1.37 bits per heavy atom. The molecule has 0 fully saturated rings. The number of aliphatic hydroxyl groups is 1. The summed E-state index contributed by atoms with van der Waals surface area (Å²) in [4.78, 5) is 12.0. The van der Waals surface area contributed by atoms with Gasteiger partial charge in [0.05, 0.1) is 12.6 Å². The van der Waals surface area contributed by atoms with E-state index in [4.69, 9.17) is 0 Å². The number of carbonyl (C=O) groups is 1. The number of carbonyl (C=O) groups excluding carboxylic acids is 1. The van der Waals surface area contributed by atoms with Crippen LogP contribution in [0.25, 0.3) is 0 Å². The summed E-state index contributed by atoms with van der Waals surface area (Å²) in [6.07, 6.45) is 2.17. The lowest BCUT2D eigenvalue weighted by Crippen LogP contribution is -2.39. The Balaban J connectivity index is 2.00. The van der Waals surface area contributed by atoms with Gasteiger partial charge >= 0.3 is 0 Å². The van der Waals surface area contributed by atoms with E-state index in [-0.39, 0.29) is 18.6 Å². The minimum absolute atomic E-state index is 0.0987. The number of aromatic nitrogens is 2. The maximum absolute atomic E-state index is 12.0. The van der Waals surface area contributed by atoms with Crippen molar-refractivity contribution in [2.75, 3.05) is 6.61 Å². The first-order valence-corrected chi connectivity index (χ1v) is 6.14. The third-order valence-corrected chi connectivity index (χ3v) is 2.93. The van der Waals surface area contributed by atoms with Crippen molar-refractivity contribution < 1.29 is 9.90 Å². The highest BCUT2D eigenvalue weighted by molar-refractivity contribution is 5.92. The molecule has 0 saturated carbocycles. The van der Waals surface area contributed by atoms with E-state index in [0.717, 1.165) is 5.56 Å². The number of amides is 1. The van der Waals surface area contributed by atoms with Gasteiger partial charge in [-0.05, 0) is 18.1 Å². The second-order valence-electron chi connectivity index (χ2n) is 4.38. The summed E-state index contributed by atoms with van der Waals surface area (Å²) in [5.41, 5.74) is 1.55. The largest absolute Gasteiger partial charge is 0.394 e. The quantitative estimate of drug-likeness (QED) is 0.832. The predicted molar refractivity (Wildman–Crippen MR) is 71.7 cm³/mol. The molecule has 1 amide bonds. The molecule has 0 aliphatic rings. The number of aryl methyl sites for hydroxylation is 1. The highest BCUT2D eigenvalue weighted by atomic mass is 16.3. The highest BCUT2D eigenvalue weighted by Crippen LogP contribution is 2.04. The van der Waals surface area contributed by atoms with E-state index < -0.39 is 0 Å². The Morgan fingerprint density at radius 2 is 2.11 bits per heavy atom. The number of benzene rings is 1. The number of nitrogens with zero attached hydrogens (tertiary/aromatic N) is 2. The van der Waals surface area contributed by atoms with Gasteiger partial charge in [-0.25, -0.2) is 0 Å². The molecule has 0 bridgehead atoms.